The van der Waals surface area contributed by atoms with Gasteiger partial charge in [0.15, 0.2) is 11.5 Å². The molecule has 0 radical (unpaired) electrons. The van der Waals surface area contributed by atoms with Gasteiger partial charge in [0, 0.05) is 35.3 Å². The van der Waals surface area contributed by atoms with Crippen LogP contribution >= 0.6 is 11.6 Å². The minimum absolute atomic E-state index is 0.00766. The van der Waals surface area contributed by atoms with E-state index in [4.69, 9.17) is 25.8 Å². The molecule has 8 nitrogen and oxygen atoms in total. The zero-order valence-electron chi connectivity index (χ0n) is 21.0. The van der Waals surface area contributed by atoms with Crippen molar-refractivity contribution in [2.75, 3.05) is 27.9 Å². The summed E-state index contributed by atoms with van der Waals surface area (Å²) in [5.74, 6) is 1.15. The maximum Gasteiger partial charge on any atom is 0.251 e. The summed E-state index contributed by atoms with van der Waals surface area (Å²) in [6, 6.07) is 11.4. The van der Waals surface area contributed by atoms with Crippen LogP contribution in [0.5, 0.6) is 17.2 Å². The van der Waals surface area contributed by atoms with E-state index in [9.17, 15) is 9.59 Å². The smallest absolute Gasteiger partial charge is 0.251 e. The number of carbonyl (C=O) groups excluding carboxylic acids is 2. The SMILES string of the molecule is COc1cc(C(=O)NC2CC3CCCC(C2)N3CC(=O)NCc2ccccc2Cl)cc(OC)c1OC. The van der Waals surface area contributed by atoms with Gasteiger partial charge in [0.25, 0.3) is 5.91 Å². The van der Waals surface area contributed by atoms with Gasteiger partial charge in [0.2, 0.25) is 11.7 Å². The molecule has 2 aromatic rings. The second kappa shape index (κ2) is 11.8. The van der Waals surface area contributed by atoms with E-state index in [2.05, 4.69) is 15.5 Å². The molecule has 0 saturated carbocycles. The monoisotopic (exact) mass is 515 g/mol. The van der Waals surface area contributed by atoms with Crippen molar-refractivity contribution in [3.05, 3.63) is 52.5 Å². The van der Waals surface area contributed by atoms with Crippen LogP contribution < -0.4 is 24.8 Å². The molecular formula is C27H34ClN3O5. The largest absolute Gasteiger partial charge is 0.493 e. The summed E-state index contributed by atoms with van der Waals surface area (Å²) in [5.41, 5.74) is 1.36. The number of nitrogens with one attached hydrogen (secondary N) is 2. The summed E-state index contributed by atoms with van der Waals surface area (Å²) in [6.45, 7) is 0.766. The Balaban J connectivity index is 1.37. The van der Waals surface area contributed by atoms with Gasteiger partial charge in [0.05, 0.1) is 27.9 Å². The number of halogens is 1. The summed E-state index contributed by atoms with van der Waals surface area (Å²) in [6.07, 6.45) is 4.80. The molecular weight excluding hydrogens is 482 g/mol. The maximum atomic E-state index is 13.1. The van der Waals surface area contributed by atoms with Crippen LogP contribution in [0.25, 0.3) is 0 Å². The number of fused-ring (bicyclic) bond motifs is 2. The predicted octanol–water partition coefficient (Wildman–Crippen LogP) is 3.80. The number of benzene rings is 2. The van der Waals surface area contributed by atoms with E-state index in [0.717, 1.165) is 37.7 Å². The molecule has 4 rings (SSSR count). The quantitative estimate of drug-likeness (QED) is 0.528. The predicted molar refractivity (Wildman–Crippen MR) is 138 cm³/mol. The summed E-state index contributed by atoms with van der Waals surface area (Å²) in [7, 11) is 4.59. The van der Waals surface area contributed by atoms with Gasteiger partial charge in [0.1, 0.15) is 0 Å². The fourth-order valence-electron chi connectivity index (χ4n) is 5.39. The van der Waals surface area contributed by atoms with E-state index in [-0.39, 0.29) is 29.9 Å². The van der Waals surface area contributed by atoms with Crippen LogP contribution in [0.4, 0.5) is 0 Å². The normalized spacial score (nSPS) is 21.4. The van der Waals surface area contributed by atoms with Crippen molar-refractivity contribution in [3.63, 3.8) is 0 Å². The van der Waals surface area contributed by atoms with Gasteiger partial charge in [-0.1, -0.05) is 36.2 Å². The Hall–Kier alpha value is -2.97. The molecule has 2 saturated heterocycles. The number of methoxy groups -OCH3 is 3. The minimum atomic E-state index is -0.178. The fourth-order valence-corrected chi connectivity index (χ4v) is 5.60. The molecule has 2 N–H and O–H groups in total. The number of nitrogens with zero attached hydrogens (tertiary/aromatic N) is 1. The molecule has 36 heavy (non-hydrogen) atoms. The number of hydrogen-bond acceptors (Lipinski definition) is 6. The van der Waals surface area contributed by atoms with E-state index >= 15 is 0 Å². The number of piperidine rings is 2. The summed E-state index contributed by atoms with van der Waals surface area (Å²) >= 11 is 6.21. The first kappa shape index (κ1) is 26.1. The lowest BCUT2D eigenvalue weighted by Gasteiger charge is -2.48. The van der Waals surface area contributed by atoms with Crippen LogP contribution in [0.3, 0.4) is 0 Å². The number of carbonyl (C=O) groups is 2. The summed E-state index contributed by atoms with van der Waals surface area (Å²) in [5, 5.41) is 6.85. The number of rotatable bonds is 9. The average molecular weight is 516 g/mol. The van der Waals surface area contributed by atoms with E-state index in [1.165, 1.54) is 21.3 Å². The van der Waals surface area contributed by atoms with Crippen LogP contribution in [0.1, 0.15) is 48.0 Å². The highest BCUT2D eigenvalue weighted by Crippen LogP contribution is 2.38. The molecule has 2 aliphatic heterocycles. The zero-order valence-corrected chi connectivity index (χ0v) is 21.8. The Bertz CT molecular complexity index is 1060. The van der Waals surface area contributed by atoms with Crippen molar-refractivity contribution in [2.24, 2.45) is 0 Å². The lowest BCUT2D eigenvalue weighted by atomic mass is 9.81. The zero-order chi connectivity index (χ0) is 25.7. The highest BCUT2D eigenvalue weighted by Gasteiger charge is 2.39. The molecule has 2 heterocycles. The van der Waals surface area contributed by atoms with E-state index < -0.39 is 0 Å². The lowest BCUT2D eigenvalue weighted by Crippen LogP contribution is -2.58. The molecule has 2 aliphatic rings. The van der Waals surface area contributed by atoms with Crippen molar-refractivity contribution >= 4 is 23.4 Å². The number of amides is 2. The van der Waals surface area contributed by atoms with E-state index in [1.54, 1.807) is 12.1 Å². The Labute approximate surface area is 217 Å². The van der Waals surface area contributed by atoms with Crippen LogP contribution in [-0.4, -0.2) is 62.7 Å². The highest BCUT2D eigenvalue weighted by molar-refractivity contribution is 6.31. The maximum absolute atomic E-state index is 13.1. The van der Waals surface area contributed by atoms with Gasteiger partial charge in [-0.25, -0.2) is 0 Å². The molecule has 0 aromatic heterocycles. The molecule has 2 bridgehead atoms. The average Bonchev–Trinajstić information content (AvgIpc) is 2.87. The molecule has 2 fully saturated rings. The third-order valence-corrected chi connectivity index (χ3v) is 7.52. The van der Waals surface area contributed by atoms with Gasteiger partial charge in [-0.3, -0.25) is 14.5 Å². The van der Waals surface area contributed by atoms with Crippen molar-refractivity contribution in [3.8, 4) is 17.2 Å². The molecule has 2 unspecified atom stereocenters. The Morgan fingerprint density at radius 2 is 1.64 bits per heavy atom. The number of ether oxygens (including phenoxy) is 3. The van der Waals surface area contributed by atoms with Gasteiger partial charge >= 0.3 is 0 Å². The van der Waals surface area contributed by atoms with Crippen molar-refractivity contribution in [1.82, 2.24) is 15.5 Å². The van der Waals surface area contributed by atoms with Gasteiger partial charge in [-0.05, 0) is 49.4 Å². The van der Waals surface area contributed by atoms with E-state index in [1.807, 2.05) is 24.3 Å². The second-order valence-corrected chi connectivity index (χ2v) is 9.74. The molecule has 0 spiro atoms. The van der Waals surface area contributed by atoms with Crippen LogP contribution in [0.2, 0.25) is 5.02 Å². The van der Waals surface area contributed by atoms with Gasteiger partial charge in [-0.2, -0.15) is 0 Å². The Morgan fingerprint density at radius 1 is 1.00 bits per heavy atom. The highest BCUT2D eigenvalue weighted by atomic mass is 35.5. The first-order valence-electron chi connectivity index (χ1n) is 12.3. The third-order valence-electron chi connectivity index (χ3n) is 7.15. The van der Waals surface area contributed by atoms with Crippen molar-refractivity contribution < 1.29 is 23.8 Å². The molecule has 2 amide bonds. The summed E-state index contributed by atoms with van der Waals surface area (Å²) < 4.78 is 16.1. The van der Waals surface area contributed by atoms with Crippen LogP contribution in [-0.2, 0) is 11.3 Å². The van der Waals surface area contributed by atoms with E-state index in [0.29, 0.717) is 40.9 Å². The van der Waals surface area contributed by atoms with Crippen LogP contribution in [0.15, 0.2) is 36.4 Å². The lowest BCUT2D eigenvalue weighted by molar-refractivity contribution is -0.125. The number of hydrogen-bond donors (Lipinski definition) is 2. The molecule has 2 atom stereocenters. The molecule has 194 valence electrons. The summed E-state index contributed by atoms with van der Waals surface area (Å²) in [4.78, 5) is 28.2. The first-order chi connectivity index (χ1) is 17.4. The Morgan fingerprint density at radius 3 is 2.22 bits per heavy atom. The molecule has 0 aliphatic carbocycles. The fraction of sp³-hybridized carbons (Fsp3) is 0.481. The van der Waals surface area contributed by atoms with Gasteiger partial charge < -0.3 is 24.8 Å². The topological polar surface area (TPSA) is 89.1 Å². The minimum Gasteiger partial charge on any atom is -0.493 e. The van der Waals surface area contributed by atoms with Crippen molar-refractivity contribution in [1.29, 1.82) is 0 Å². The van der Waals surface area contributed by atoms with Crippen LogP contribution in [0, 0.1) is 0 Å². The van der Waals surface area contributed by atoms with Crippen molar-refractivity contribution in [2.45, 2.75) is 56.8 Å². The van der Waals surface area contributed by atoms with Gasteiger partial charge in [-0.15, -0.1) is 0 Å². The third kappa shape index (κ3) is 5.87. The first-order valence-corrected chi connectivity index (χ1v) is 12.7. The molecule has 9 heteroatoms. The Kier molecular flexibility index (Phi) is 8.59. The standard InChI is InChI=1S/C27H34ClN3O5/c1-34-23-11-18(12-24(35-2)26(23)36-3)27(33)30-19-13-20-8-6-9-21(14-19)31(20)16-25(32)29-15-17-7-4-5-10-22(17)28/h4-5,7,10-12,19-21H,6,8-9,13-16H2,1-3H3,(H,29,32)(H,30,33). The molecule has 2 aromatic carbocycles. The second-order valence-electron chi connectivity index (χ2n) is 9.33.